The van der Waals surface area contributed by atoms with Crippen LogP contribution < -0.4 is 10.1 Å². The molecule has 1 aliphatic rings. The molecule has 1 N–H and O–H groups in total. The van der Waals surface area contributed by atoms with Gasteiger partial charge in [-0.25, -0.2) is 0 Å². The van der Waals surface area contributed by atoms with Crippen LogP contribution in [0, 0.1) is 5.92 Å². The Morgan fingerprint density at radius 1 is 1.19 bits per heavy atom. The Balaban J connectivity index is 1.60. The van der Waals surface area contributed by atoms with Crippen LogP contribution in [-0.4, -0.2) is 59.4 Å². The zero-order valence-electron chi connectivity index (χ0n) is 19.3. The second-order valence-electron chi connectivity index (χ2n) is 8.07. The van der Waals surface area contributed by atoms with Crippen molar-refractivity contribution in [3.63, 3.8) is 0 Å². The van der Waals surface area contributed by atoms with E-state index in [2.05, 4.69) is 15.3 Å². The van der Waals surface area contributed by atoms with E-state index in [9.17, 15) is 9.59 Å². The van der Waals surface area contributed by atoms with Crippen LogP contribution in [-0.2, 0) is 21.4 Å². The third-order valence-corrected chi connectivity index (χ3v) is 5.71. The number of hydrogen-bond acceptors (Lipinski definition) is 6. The summed E-state index contributed by atoms with van der Waals surface area (Å²) in [7, 11) is 1.88. The lowest BCUT2D eigenvalue weighted by molar-refractivity contribution is -0.149. The molecule has 1 aromatic heterocycles. The van der Waals surface area contributed by atoms with Crippen LogP contribution in [0.25, 0.3) is 11.3 Å². The van der Waals surface area contributed by atoms with E-state index >= 15 is 0 Å². The van der Waals surface area contributed by atoms with Gasteiger partial charge in [-0.3, -0.25) is 19.2 Å². The highest BCUT2D eigenvalue weighted by molar-refractivity contribution is 5.91. The predicted octanol–water partition coefficient (Wildman–Crippen LogP) is 3.48. The monoisotopic (exact) mass is 442 g/mol. The van der Waals surface area contributed by atoms with Crippen molar-refractivity contribution in [2.75, 3.05) is 38.2 Å². The normalized spacial score (nSPS) is 14.8. The molecule has 0 atom stereocenters. The SMILES string of the molecule is CCCC(=O)Nc1ccc(OCCN2CCC(C(=O)OCC)CC2)c(-c2ccnn2C)c1. The number of aromatic nitrogens is 2. The number of nitrogens with one attached hydrogen (secondary N) is 1. The molecule has 0 saturated carbocycles. The fourth-order valence-corrected chi connectivity index (χ4v) is 3.96. The molecule has 3 rings (SSSR count). The second kappa shape index (κ2) is 11.7. The zero-order chi connectivity index (χ0) is 22.9. The molecule has 1 aliphatic heterocycles. The van der Waals surface area contributed by atoms with Crippen LogP contribution in [0.15, 0.2) is 30.5 Å². The molecule has 0 bridgehead atoms. The highest BCUT2D eigenvalue weighted by atomic mass is 16.5. The first kappa shape index (κ1) is 23.8. The van der Waals surface area contributed by atoms with Gasteiger partial charge in [-0.2, -0.15) is 5.10 Å². The fourth-order valence-electron chi connectivity index (χ4n) is 3.96. The standard InChI is InChI=1S/C24H34N4O4/c1-4-6-23(29)26-19-7-8-22(20(17-19)21-9-12-25-27(21)3)32-16-15-28-13-10-18(11-14-28)24(30)31-5-2/h7-9,12,17-18H,4-6,10-11,13-16H2,1-3H3,(H,26,29). The van der Waals surface area contributed by atoms with E-state index in [1.54, 1.807) is 10.9 Å². The Bertz CT molecular complexity index is 903. The average molecular weight is 443 g/mol. The van der Waals surface area contributed by atoms with Crippen molar-refractivity contribution in [2.45, 2.75) is 39.5 Å². The second-order valence-corrected chi connectivity index (χ2v) is 8.07. The van der Waals surface area contributed by atoms with Gasteiger partial charge in [-0.05, 0) is 63.5 Å². The highest BCUT2D eigenvalue weighted by Gasteiger charge is 2.25. The van der Waals surface area contributed by atoms with E-state index in [-0.39, 0.29) is 17.8 Å². The van der Waals surface area contributed by atoms with E-state index in [1.807, 2.05) is 45.2 Å². The number of benzene rings is 1. The molecule has 0 aliphatic carbocycles. The van der Waals surface area contributed by atoms with Gasteiger partial charge in [0.25, 0.3) is 0 Å². The summed E-state index contributed by atoms with van der Waals surface area (Å²) < 4.78 is 13.1. The van der Waals surface area contributed by atoms with Gasteiger partial charge < -0.3 is 14.8 Å². The van der Waals surface area contributed by atoms with Crippen molar-refractivity contribution in [3.8, 4) is 17.0 Å². The number of carbonyl (C=O) groups excluding carboxylic acids is 2. The average Bonchev–Trinajstić information content (AvgIpc) is 3.21. The fraction of sp³-hybridized carbons (Fsp3) is 0.542. The third kappa shape index (κ3) is 6.32. The summed E-state index contributed by atoms with van der Waals surface area (Å²) in [6.07, 6.45) is 4.69. The number of nitrogens with zero attached hydrogens (tertiary/aromatic N) is 3. The number of piperidine rings is 1. The number of carbonyl (C=O) groups is 2. The van der Waals surface area contributed by atoms with Gasteiger partial charge in [0.2, 0.25) is 5.91 Å². The van der Waals surface area contributed by atoms with E-state index in [4.69, 9.17) is 9.47 Å². The first-order chi connectivity index (χ1) is 15.5. The van der Waals surface area contributed by atoms with Crippen LogP contribution in [0.3, 0.4) is 0 Å². The molecule has 8 nitrogen and oxygen atoms in total. The number of ether oxygens (including phenoxy) is 2. The summed E-state index contributed by atoms with van der Waals surface area (Å²) in [4.78, 5) is 26.2. The maximum Gasteiger partial charge on any atom is 0.309 e. The molecule has 0 spiro atoms. The third-order valence-electron chi connectivity index (χ3n) is 5.71. The minimum Gasteiger partial charge on any atom is -0.492 e. The summed E-state index contributed by atoms with van der Waals surface area (Å²) in [5.74, 6) is 0.696. The Labute approximate surface area is 189 Å². The number of aryl methyl sites for hydroxylation is 1. The van der Waals surface area contributed by atoms with Gasteiger partial charge in [0.05, 0.1) is 18.2 Å². The molecular weight excluding hydrogens is 408 g/mol. The van der Waals surface area contributed by atoms with Crippen LogP contribution in [0.5, 0.6) is 5.75 Å². The minimum atomic E-state index is -0.0738. The largest absolute Gasteiger partial charge is 0.492 e. The number of likely N-dealkylation sites (tertiary alicyclic amines) is 1. The van der Waals surface area contributed by atoms with Crippen molar-refractivity contribution < 1.29 is 19.1 Å². The van der Waals surface area contributed by atoms with Gasteiger partial charge in [0.1, 0.15) is 12.4 Å². The van der Waals surface area contributed by atoms with E-state index in [1.165, 1.54) is 0 Å². The van der Waals surface area contributed by atoms with Crippen molar-refractivity contribution in [2.24, 2.45) is 13.0 Å². The molecule has 0 unspecified atom stereocenters. The molecule has 2 aromatic rings. The predicted molar refractivity (Wildman–Crippen MR) is 123 cm³/mol. The summed E-state index contributed by atoms with van der Waals surface area (Å²) in [5, 5.41) is 7.22. The summed E-state index contributed by atoms with van der Waals surface area (Å²) in [6, 6.07) is 7.63. The number of anilines is 1. The maximum absolute atomic E-state index is 12.0. The maximum atomic E-state index is 12.0. The molecular formula is C24H34N4O4. The Morgan fingerprint density at radius 2 is 1.97 bits per heavy atom. The van der Waals surface area contributed by atoms with Crippen LogP contribution in [0.1, 0.15) is 39.5 Å². The van der Waals surface area contributed by atoms with Crippen molar-refractivity contribution in [1.82, 2.24) is 14.7 Å². The lowest BCUT2D eigenvalue weighted by Crippen LogP contribution is -2.39. The molecule has 1 aromatic carbocycles. The van der Waals surface area contributed by atoms with E-state index in [0.29, 0.717) is 19.6 Å². The van der Waals surface area contributed by atoms with Crippen LogP contribution in [0.2, 0.25) is 0 Å². The zero-order valence-corrected chi connectivity index (χ0v) is 19.3. The summed E-state index contributed by atoms with van der Waals surface area (Å²) in [6.45, 7) is 7.32. The Morgan fingerprint density at radius 3 is 2.62 bits per heavy atom. The van der Waals surface area contributed by atoms with Crippen molar-refractivity contribution in [3.05, 3.63) is 30.5 Å². The minimum absolute atomic E-state index is 0.00310. The molecule has 32 heavy (non-hydrogen) atoms. The molecule has 174 valence electrons. The molecule has 2 heterocycles. The van der Waals surface area contributed by atoms with E-state index < -0.39 is 0 Å². The highest BCUT2D eigenvalue weighted by Crippen LogP contribution is 2.32. The van der Waals surface area contributed by atoms with Gasteiger partial charge in [0, 0.05) is 37.5 Å². The number of esters is 1. The lowest BCUT2D eigenvalue weighted by atomic mass is 9.97. The molecule has 1 amide bonds. The smallest absolute Gasteiger partial charge is 0.309 e. The summed E-state index contributed by atoms with van der Waals surface area (Å²) >= 11 is 0. The quantitative estimate of drug-likeness (QED) is 0.567. The topological polar surface area (TPSA) is 85.7 Å². The van der Waals surface area contributed by atoms with Gasteiger partial charge in [-0.15, -0.1) is 0 Å². The molecule has 0 radical (unpaired) electrons. The van der Waals surface area contributed by atoms with Crippen molar-refractivity contribution >= 4 is 17.6 Å². The van der Waals surface area contributed by atoms with Gasteiger partial charge >= 0.3 is 5.97 Å². The lowest BCUT2D eigenvalue weighted by Gasteiger charge is -2.30. The molecule has 8 heteroatoms. The number of hydrogen-bond donors (Lipinski definition) is 1. The first-order valence-corrected chi connectivity index (χ1v) is 11.5. The molecule has 1 saturated heterocycles. The van der Waals surface area contributed by atoms with Crippen LogP contribution >= 0.6 is 0 Å². The summed E-state index contributed by atoms with van der Waals surface area (Å²) in [5.41, 5.74) is 2.55. The Kier molecular flexibility index (Phi) is 8.67. The van der Waals surface area contributed by atoms with Crippen LogP contribution in [0.4, 0.5) is 5.69 Å². The van der Waals surface area contributed by atoms with Gasteiger partial charge in [-0.1, -0.05) is 6.92 Å². The van der Waals surface area contributed by atoms with Gasteiger partial charge in [0.15, 0.2) is 0 Å². The number of amides is 1. The first-order valence-electron chi connectivity index (χ1n) is 11.5. The molecule has 1 fully saturated rings. The van der Waals surface area contributed by atoms with E-state index in [0.717, 1.165) is 61.6 Å². The Hall–Kier alpha value is -2.87. The van der Waals surface area contributed by atoms with Crippen molar-refractivity contribution in [1.29, 1.82) is 0 Å². The number of rotatable bonds is 10.